The average Bonchev–Trinajstić information content (AvgIpc) is 2.90. The number of aryl methyl sites for hydroxylation is 1. The van der Waals surface area contributed by atoms with Crippen molar-refractivity contribution in [2.24, 2.45) is 0 Å². The number of carboxylic acids is 1. The number of carbonyl (C=O) groups excluding carboxylic acids is 1. The molecular formula is C28H33N3O6S. The number of amides is 1. The average molecular weight is 540 g/mol. The zero-order valence-electron chi connectivity index (χ0n) is 21.2. The van der Waals surface area contributed by atoms with Crippen molar-refractivity contribution in [2.45, 2.75) is 49.6 Å². The van der Waals surface area contributed by atoms with E-state index in [9.17, 15) is 18.0 Å². The van der Waals surface area contributed by atoms with Gasteiger partial charge in [0.1, 0.15) is 11.8 Å². The Morgan fingerprint density at radius 1 is 0.947 bits per heavy atom. The third-order valence-corrected chi connectivity index (χ3v) is 7.35. The number of ether oxygens (including phenoxy) is 1. The van der Waals surface area contributed by atoms with Gasteiger partial charge in [0.05, 0.1) is 10.6 Å². The summed E-state index contributed by atoms with van der Waals surface area (Å²) in [6.45, 7) is 1.78. The van der Waals surface area contributed by atoms with Gasteiger partial charge in [0.25, 0.3) is 0 Å². The van der Waals surface area contributed by atoms with E-state index in [0.717, 1.165) is 19.3 Å². The first kappa shape index (κ1) is 28.7. The van der Waals surface area contributed by atoms with E-state index in [0.29, 0.717) is 12.1 Å². The molecular weight excluding hydrogens is 506 g/mol. The maximum atomic E-state index is 13.1. The molecule has 0 saturated carbocycles. The molecule has 0 aliphatic rings. The summed E-state index contributed by atoms with van der Waals surface area (Å²) in [6, 6.07) is 21.4. The van der Waals surface area contributed by atoms with Crippen LogP contribution >= 0.6 is 0 Å². The third-order valence-electron chi connectivity index (χ3n) is 5.87. The summed E-state index contributed by atoms with van der Waals surface area (Å²) in [5, 5.41) is 11.9. The predicted octanol–water partition coefficient (Wildman–Crippen LogP) is 3.15. The van der Waals surface area contributed by atoms with Crippen LogP contribution in [0, 0.1) is 0 Å². The summed E-state index contributed by atoms with van der Waals surface area (Å²) in [4.78, 5) is 24.2. The van der Waals surface area contributed by atoms with Crippen LogP contribution in [0.15, 0.2) is 83.8 Å². The Morgan fingerprint density at radius 3 is 2.24 bits per heavy atom. The number of anilines is 1. The number of nitrogens with two attached hydrogens (primary N) is 1. The van der Waals surface area contributed by atoms with Gasteiger partial charge in [-0.2, -0.15) is 4.72 Å². The molecule has 202 valence electrons. The lowest BCUT2D eigenvalue weighted by Gasteiger charge is -2.20. The molecule has 0 spiro atoms. The van der Waals surface area contributed by atoms with Crippen LogP contribution in [0.2, 0.25) is 0 Å². The molecule has 0 radical (unpaired) electrons. The summed E-state index contributed by atoms with van der Waals surface area (Å²) in [7, 11) is -3.97. The number of sulfonamides is 1. The van der Waals surface area contributed by atoms with Crippen molar-refractivity contribution in [3.8, 4) is 5.75 Å². The van der Waals surface area contributed by atoms with Crippen LogP contribution in [-0.2, 0) is 32.5 Å². The Morgan fingerprint density at radius 2 is 1.61 bits per heavy atom. The van der Waals surface area contributed by atoms with Gasteiger partial charge in [-0.3, -0.25) is 4.79 Å². The Kier molecular flexibility index (Phi) is 10.3. The number of hydrogen-bond donors (Lipinski definition) is 4. The van der Waals surface area contributed by atoms with Crippen LogP contribution in [0.5, 0.6) is 5.75 Å². The van der Waals surface area contributed by atoms with E-state index in [2.05, 4.69) is 22.2 Å². The minimum absolute atomic E-state index is 0.0286. The molecule has 0 aliphatic heterocycles. The van der Waals surface area contributed by atoms with Gasteiger partial charge in [-0.15, -0.1) is 0 Å². The quantitative estimate of drug-likeness (QED) is 0.182. The Bertz CT molecular complexity index is 1320. The van der Waals surface area contributed by atoms with Crippen molar-refractivity contribution in [3.63, 3.8) is 0 Å². The molecule has 1 unspecified atom stereocenters. The molecule has 1 amide bonds. The summed E-state index contributed by atoms with van der Waals surface area (Å²) in [5.41, 5.74) is 8.03. The van der Waals surface area contributed by atoms with E-state index in [4.69, 9.17) is 15.6 Å². The topological polar surface area (TPSA) is 148 Å². The summed E-state index contributed by atoms with van der Waals surface area (Å²) >= 11 is 0. The Balaban J connectivity index is 1.69. The van der Waals surface area contributed by atoms with Crippen molar-refractivity contribution in [2.75, 3.05) is 12.3 Å². The summed E-state index contributed by atoms with van der Waals surface area (Å²) in [5.74, 6) is -1.40. The van der Waals surface area contributed by atoms with Crippen molar-refractivity contribution in [1.82, 2.24) is 10.0 Å². The fourth-order valence-electron chi connectivity index (χ4n) is 3.79. The van der Waals surface area contributed by atoms with Crippen LogP contribution in [-0.4, -0.2) is 44.1 Å². The van der Waals surface area contributed by atoms with Crippen LogP contribution in [0.1, 0.15) is 30.9 Å². The highest BCUT2D eigenvalue weighted by Gasteiger charge is 2.26. The summed E-state index contributed by atoms with van der Waals surface area (Å²) in [6.07, 6.45) is 1.42. The number of nitrogens with one attached hydrogen (secondary N) is 2. The van der Waals surface area contributed by atoms with Gasteiger partial charge >= 0.3 is 5.97 Å². The third kappa shape index (κ3) is 8.60. The monoisotopic (exact) mass is 539 g/mol. The normalized spacial score (nSPS) is 12.9. The number of benzene rings is 3. The van der Waals surface area contributed by atoms with Crippen LogP contribution < -0.4 is 20.5 Å². The Labute approximate surface area is 223 Å². The number of aliphatic carboxylic acids is 1. The standard InChI is InChI=1S/C28H33N3O6S/c1-20(28(33)34)37-26-16-15-22(18-24(26)29)19-25(31-38(35,36)23-13-6-3-7-14-23)27(32)30-17-9-8-12-21-10-4-2-5-11-21/h2-7,10-11,13-16,18,20,25,31H,8-9,12,17,19,29H2,1H3,(H,30,32)(H,33,34)/t20?,25-/m0/s1. The predicted molar refractivity (Wildman–Crippen MR) is 145 cm³/mol. The second kappa shape index (κ2) is 13.6. The summed E-state index contributed by atoms with van der Waals surface area (Å²) < 4.78 is 33.8. The van der Waals surface area contributed by atoms with Crippen LogP contribution in [0.4, 0.5) is 5.69 Å². The minimum atomic E-state index is -3.97. The largest absolute Gasteiger partial charge is 0.479 e. The second-order valence-corrected chi connectivity index (χ2v) is 10.6. The van der Waals surface area contributed by atoms with Gasteiger partial charge < -0.3 is 20.9 Å². The first-order chi connectivity index (χ1) is 18.2. The van der Waals surface area contributed by atoms with Crippen LogP contribution in [0.25, 0.3) is 0 Å². The lowest BCUT2D eigenvalue weighted by molar-refractivity contribution is -0.144. The molecule has 0 aliphatic carbocycles. The fourth-order valence-corrected chi connectivity index (χ4v) is 5.00. The zero-order valence-corrected chi connectivity index (χ0v) is 22.0. The number of carbonyl (C=O) groups is 2. The van der Waals surface area contributed by atoms with E-state index in [1.807, 2.05) is 18.2 Å². The molecule has 38 heavy (non-hydrogen) atoms. The highest BCUT2D eigenvalue weighted by Crippen LogP contribution is 2.25. The van der Waals surface area contributed by atoms with Gasteiger partial charge in [0.15, 0.2) is 6.10 Å². The van der Waals surface area contributed by atoms with Crippen molar-refractivity contribution in [3.05, 3.63) is 90.0 Å². The van der Waals surface area contributed by atoms with Crippen LogP contribution in [0.3, 0.4) is 0 Å². The molecule has 0 saturated heterocycles. The van der Waals surface area contributed by atoms with Gasteiger partial charge in [-0.25, -0.2) is 13.2 Å². The molecule has 3 rings (SSSR count). The van der Waals surface area contributed by atoms with Gasteiger partial charge in [0.2, 0.25) is 15.9 Å². The SMILES string of the molecule is CC(Oc1ccc(C[C@H](NS(=O)(=O)c2ccccc2)C(=O)NCCCCc2ccccc2)cc1N)C(=O)O. The van der Waals surface area contributed by atoms with Crippen molar-refractivity contribution in [1.29, 1.82) is 0 Å². The first-order valence-electron chi connectivity index (χ1n) is 12.3. The lowest BCUT2D eigenvalue weighted by Crippen LogP contribution is -2.48. The zero-order chi connectivity index (χ0) is 27.5. The fraction of sp³-hybridized carbons (Fsp3) is 0.286. The molecule has 0 bridgehead atoms. The van der Waals surface area contributed by atoms with E-state index >= 15 is 0 Å². The van der Waals surface area contributed by atoms with Gasteiger partial charge in [-0.1, -0.05) is 54.6 Å². The molecule has 0 heterocycles. The van der Waals surface area contributed by atoms with Gasteiger partial charge in [0, 0.05) is 6.54 Å². The maximum absolute atomic E-state index is 13.1. The number of unbranched alkanes of at least 4 members (excludes halogenated alkanes) is 1. The smallest absolute Gasteiger partial charge is 0.344 e. The molecule has 3 aromatic carbocycles. The molecule has 2 atom stereocenters. The Hall–Kier alpha value is -3.89. The number of nitrogen functional groups attached to an aromatic ring is 1. The molecule has 10 heteroatoms. The van der Waals surface area contributed by atoms with E-state index in [-0.39, 0.29) is 22.8 Å². The van der Waals surface area contributed by atoms with Crippen molar-refractivity contribution >= 4 is 27.6 Å². The van der Waals surface area contributed by atoms with Gasteiger partial charge in [-0.05, 0) is 68.0 Å². The molecule has 0 aromatic heterocycles. The lowest BCUT2D eigenvalue weighted by atomic mass is 10.0. The maximum Gasteiger partial charge on any atom is 0.344 e. The molecule has 5 N–H and O–H groups in total. The minimum Gasteiger partial charge on any atom is -0.479 e. The number of rotatable bonds is 14. The molecule has 0 fully saturated rings. The van der Waals surface area contributed by atoms with E-state index in [1.54, 1.807) is 30.3 Å². The first-order valence-corrected chi connectivity index (χ1v) is 13.8. The number of carboxylic acid groups (broad SMARTS) is 1. The highest BCUT2D eigenvalue weighted by molar-refractivity contribution is 7.89. The van der Waals surface area contributed by atoms with E-state index < -0.39 is 34.0 Å². The van der Waals surface area contributed by atoms with E-state index in [1.165, 1.54) is 30.7 Å². The highest BCUT2D eigenvalue weighted by atomic mass is 32.2. The molecule has 3 aromatic rings. The second-order valence-electron chi connectivity index (χ2n) is 8.90. The number of hydrogen-bond acceptors (Lipinski definition) is 6. The molecule has 9 nitrogen and oxygen atoms in total. The van der Waals surface area contributed by atoms with Crippen molar-refractivity contribution < 1.29 is 27.9 Å².